The highest BCUT2D eigenvalue weighted by atomic mass is 16.1. The SMILES string of the molecule is O=Cc1ccc2c(-c3ccn[nH]3)nccn12. The fourth-order valence-corrected chi connectivity index (χ4v) is 1.76. The average molecular weight is 212 g/mol. The van der Waals surface area contributed by atoms with E-state index in [0.717, 1.165) is 23.2 Å². The standard InChI is InChI=1S/C11H8N4O/c16-7-8-1-2-10-11(9-3-4-13-14-9)12-5-6-15(8)10/h1-7H,(H,13,14). The van der Waals surface area contributed by atoms with Crippen molar-refractivity contribution in [1.82, 2.24) is 19.6 Å². The molecule has 0 spiro atoms. The number of fused-ring (bicyclic) bond motifs is 1. The fraction of sp³-hybridized carbons (Fsp3) is 0. The summed E-state index contributed by atoms with van der Waals surface area (Å²) in [4.78, 5) is 15.1. The van der Waals surface area contributed by atoms with E-state index in [-0.39, 0.29) is 0 Å². The Kier molecular flexibility index (Phi) is 1.83. The average Bonchev–Trinajstić information content (AvgIpc) is 2.97. The smallest absolute Gasteiger partial charge is 0.166 e. The molecule has 16 heavy (non-hydrogen) atoms. The maximum atomic E-state index is 10.8. The molecule has 3 rings (SSSR count). The molecule has 0 atom stereocenters. The third-order valence-corrected chi connectivity index (χ3v) is 2.49. The Labute approximate surface area is 90.8 Å². The Morgan fingerprint density at radius 2 is 2.19 bits per heavy atom. The lowest BCUT2D eigenvalue weighted by Gasteiger charge is -2.01. The maximum Gasteiger partial charge on any atom is 0.166 e. The number of hydrogen-bond donors (Lipinski definition) is 1. The van der Waals surface area contributed by atoms with Crippen molar-refractivity contribution in [2.45, 2.75) is 0 Å². The summed E-state index contributed by atoms with van der Waals surface area (Å²) in [5.74, 6) is 0. The van der Waals surface area contributed by atoms with Gasteiger partial charge in [-0.3, -0.25) is 14.9 Å². The molecule has 3 aromatic heterocycles. The van der Waals surface area contributed by atoms with Crippen LogP contribution in [0.3, 0.4) is 0 Å². The van der Waals surface area contributed by atoms with Gasteiger partial charge in [0.2, 0.25) is 0 Å². The third kappa shape index (κ3) is 1.15. The lowest BCUT2D eigenvalue weighted by molar-refractivity contribution is 0.111. The minimum absolute atomic E-state index is 0.609. The Balaban J connectivity index is 2.34. The first-order chi connectivity index (χ1) is 7.90. The summed E-state index contributed by atoms with van der Waals surface area (Å²) in [5, 5.41) is 6.75. The van der Waals surface area contributed by atoms with Crippen LogP contribution in [0.1, 0.15) is 10.5 Å². The molecule has 0 radical (unpaired) electrons. The van der Waals surface area contributed by atoms with Crippen LogP contribution < -0.4 is 0 Å². The van der Waals surface area contributed by atoms with Gasteiger partial charge in [-0.1, -0.05) is 0 Å². The van der Waals surface area contributed by atoms with Crippen LogP contribution in [0.15, 0.2) is 36.8 Å². The molecule has 0 aliphatic carbocycles. The molecule has 5 heteroatoms. The van der Waals surface area contributed by atoms with Crippen molar-refractivity contribution in [3.05, 3.63) is 42.5 Å². The molecule has 0 aliphatic rings. The zero-order valence-electron chi connectivity index (χ0n) is 8.29. The second-order valence-corrected chi connectivity index (χ2v) is 3.38. The van der Waals surface area contributed by atoms with Gasteiger partial charge in [0.05, 0.1) is 16.9 Å². The highest BCUT2D eigenvalue weighted by molar-refractivity contribution is 5.81. The van der Waals surface area contributed by atoms with E-state index in [4.69, 9.17) is 0 Å². The largest absolute Gasteiger partial charge is 0.310 e. The van der Waals surface area contributed by atoms with Crippen LogP contribution in [-0.2, 0) is 0 Å². The topological polar surface area (TPSA) is 63.0 Å². The number of nitrogens with zero attached hydrogens (tertiary/aromatic N) is 3. The molecule has 0 amide bonds. The van der Waals surface area contributed by atoms with Crippen molar-refractivity contribution >= 4 is 11.8 Å². The van der Waals surface area contributed by atoms with E-state index in [2.05, 4.69) is 15.2 Å². The molecule has 3 aromatic rings. The fourth-order valence-electron chi connectivity index (χ4n) is 1.76. The zero-order valence-corrected chi connectivity index (χ0v) is 8.29. The van der Waals surface area contributed by atoms with Gasteiger partial charge in [-0.15, -0.1) is 0 Å². The molecule has 0 bridgehead atoms. The second kappa shape index (κ2) is 3.30. The number of nitrogens with one attached hydrogen (secondary N) is 1. The van der Waals surface area contributed by atoms with Crippen molar-refractivity contribution in [3.63, 3.8) is 0 Å². The summed E-state index contributed by atoms with van der Waals surface area (Å²) in [6, 6.07) is 5.48. The molecular weight excluding hydrogens is 204 g/mol. The van der Waals surface area contributed by atoms with Gasteiger partial charge in [0.1, 0.15) is 5.69 Å². The summed E-state index contributed by atoms with van der Waals surface area (Å²) in [7, 11) is 0. The van der Waals surface area contributed by atoms with Gasteiger partial charge >= 0.3 is 0 Å². The van der Waals surface area contributed by atoms with Gasteiger partial charge in [0, 0.05) is 18.6 Å². The van der Waals surface area contributed by atoms with Crippen LogP contribution in [0.4, 0.5) is 0 Å². The predicted molar refractivity (Wildman–Crippen MR) is 58.2 cm³/mol. The van der Waals surface area contributed by atoms with Gasteiger partial charge in [-0.05, 0) is 18.2 Å². The highest BCUT2D eigenvalue weighted by Gasteiger charge is 2.08. The lowest BCUT2D eigenvalue weighted by atomic mass is 10.3. The van der Waals surface area contributed by atoms with Crippen molar-refractivity contribution in [2.24, 2.45) is 0 Å². The minimum atomic E-state index is 0.609. The lowest BCUT2D eigenvalue weighted by Crippen LogP contribution is -1.94. The number of H-pyrrole nitrogens is 1. The van der Waals surface area contributed by atoms with Gasteiger partial charge < -0.3 is 4.40 Å². The summed E-state index contributed by atoms with van der Waals surface area (Å²) in [6.45, 7) is 0. The van der Waals surface area contributed by atoms with Crippen LogP contribution in [0.2, 0.25) is 0 Å². The summed E-state index contributed by atoms with van der Waals surface area (Å²) < 4.78 is 1.80. The second-order valence-electron chi connectivity index (χ2n) is 3.38. The van der Waals surface area contributed by atoms with E-state index in [0.29, 0.717) is 5.69 Å². The van der Waals surface area contributed by atoms with Crippen molar-refractivity contribution in [2.75, 3.05) is 0 Å². The van der Waals surface area contributed by atoms with Gasteiger partial charge in [-0.25, -0.2) is 0 Å². The Bertz CT molecular complexity index is 639. The van der Waals surface area contributed by atoms with E-state index < -0.39 is 0 Å². The maximum absolute atomic E-state index is 10.8. The summed E-state index contributed by atoms with van der Waals surface area (Å²) in [5.41, 5.74) is 3.11. The van der Waals surface area contributed by atoms with E-state index in [1.807, 2.05) is 12.1 Å². The number of carbonyl (C=O) groups excluding carboxylic acids is 1. The molecule has 0 saturated carbocycles. The van der Waals surface area contributed by atoms with Crippen LogP contribution in [0, 0.1) is 0 Å². The first kappa shape index (κ1) is 8.84. The molecular formula is C11H8N4O. The monoisotopic (exact) mass is 212 g/mol. The van der Waals surface area contributed by atoms with E-state index >= 15 is 0 Å². The van der Waals surface area contributed by atoms with E-state index in [1.165, 1.54) is 0 Å². The summed E-state index contributed by atoms with van der Waals surface area (Å²) in [6.07, 6.45) is 5.92. The number of aromatic amines is 1. The summed E-state index contributed by atoms with van der Waals surface area (Å²) >= 11 is 0. The third-order valence-electron chi connectivity index (χ3n) is 2.49. The molecule has 0 fully saturated rings. The number of hydrogen-bond acceptors (Lipinski definition) is 3. The van der Waals surface area contributed by atoms with Gasteiger partial charge in [0.25, 0.3) is 0 Å². The normalized spacial score (nSPS) is 10.8. The number of aldehydes is 1. The first-order valence-electron chi connectivity index (χ1n) is 4.81. The number of rotatable bonds is 2. The van der Waals surface area contributed by atoms with Crippen LogP contribution in [0.25, 0.3) is 16.9 Å². The first-order valence-corrected chi connectivity index (χ1v) is 4.81. The van der Waals surface area contributed by atoms with E-state index in [1.54, 1.807) is 29.1 Å². The molecule has 0 saturated heterocycles. The molecule has 0 unspecified atom stereocenters. The van der Waals surface area contributed by atoms with Crippen molar-refractivity contribution in [1.29, 1.82) is 0 Å². The minimum Gasteiger partial charge on any atom is -0.310 e. The number of carbonyl (C=O) groups is 1. The van der Waals surface area contributed by atoms with Crippen molar-refractivity contribution in [3.8, 4) is 11.4 Å². The highest BCUT2D eigenvalue weighted by Crippen LogP contribution is 2.21. The Morgan fingerprint density at radius 3 is 2.94 bits per heavy atom. The van der Waals surface area contributed by atoms with Gasteiger partial charge in [0.15, 0.2) is 6.29 Å². The molecule has 0 aromatic carbocycles. The molecule has 78 valence electrons. The van der Waals surface area contributed by atoms with Crippen LogP contribution in [0.5, 0.6) is 0 Å². The van der Waals surface area contributed by atoms with Crippen LogP contribution >= 0.6 is 0 Å². The Morgan fingerprint density at radius 1 is 1.25 bits per heavy atom. The van der Waals surface area contributed by atoms with E-state index in [9.17, 15) is 4.79 Å². The molecule has 5 nitrogen and oxygen atoms in total. The zero-order chi connectivity index (χ0) is 11.0. The Hall–Kier alpha value is -2.43. The van der Waals surface area contributed by atoms with Crippen LogP contribution in [-0.4, -0.2) is 25.9 Å². The molecule has 3 heterocycles. The predicted octanol–water partition coefficient (Wildman–Crippen LogP) is 1.54. The quantitative estimate of drug-likeness (QED) is 0.655. The van der Waals surface area contributed by atoms with Crippen molar-refractivity contribution < 1.29 is 4.79 Å². The van der Waals surface area contributed by atoms with Gasteiger partial charge in [-0.2, -0.15) is 5.10 Å². The molecule has 0 aliphatic heterocycles. The number of aromatic nitrogens is 4. The molecule has 1 N–H and O–H groups in total.